The SMILES string of the molecule is O=c1c2ccccc2n2c(-c3c[nH]c4ccccc34)nnc2n1Cc1ccc(F)cc1. The second-order valence-electron chi connectivity index (χ2n) is 7.44. The van der Waals surface area contributed by atoms with Crippen molar-refractivity contribution >= 4 is 27.6 Å². The fraction of sp³-hybridized carbons (Fsp3) is 0.0417. The van der Waals surface area contributed by atoms with E-state index in [0.29, 0.717) is 17.0 Å². The molecule has 1 N–H and O–H groups in total. The molecule has 6 aromatic rings. The number of rotatable bonds is 3. The van der Waals surface area contributed by atoms with Crippen LogP contribution in [0.4, 0.5) is 4.39 Å². The number of aromatic amines is 1. The van der Waals surface area contributed by atoms with Crippen LogP contribution in [0.3, 0.4) is 0 Å². The topological polar surface area (TPSA) is 68.0 Å². The highest BCUT2D eigenvalue weighted by molar-refractivity contribution is 5.95. The van der Waals surface area contributed by atoms with Gasteiger partial charge in [-0.1, -0.05) is 42.5 Å². The molecule has 0 saturated heterocycles. The van der Waals surface area contributed by atoms with Gasteiger partial charge in [0.25, 0.3) is 5.56 Å². The van der Waals surface area contributed by atoms with Crippen molar-refractivity contribution in [2.24, 2.45) is 0 Å². The fourth-order valence-corrected chi connectivity index (χ4v) is 4.10. The van der Waals surface area contributed by atoms with E-state index in [4.69, 9.17) is 0 Å². The molecule has 3 aromatic heterocycles. The minimum atomic E-state index is -0.316. The molecular formula is C24H16FN5O. The Morgan fingerprint density at radius 3 is 2.45 bits per heavy atom. The summed E-state index contributed by atoms with van der Waals surface area (Å²) in [6.07, 6.45) is 1.91. The van der Waals surface area contributed by atoms with Crippen molar-refractivity contribution in [2.45, 2.75) is 6.54 Å². The average molecular weight is 409 g/mol. The zero-order valence-corrected chi connectivity index (χ0v) is 16.3. The Morgan fingerprint density at radius 1 is 0.871 bits per heavy atom. The molecule has 0 amide bonds. The summed E-state index contributed by atoms with van der Waals surface area (Å²) in [5.41, 5.74) is 3.28. The maximum absolute atomic E-state index is 13.4. The van der Waals surface area contributed by atoms with E-state index in [2.05, 4.69) is 15.2 Å². The van der Waals surface area contributed by atoms with Gasteiger partial charge in [-0.05, 0) is 35.9 Å². The molecule has 0 saturated carbocycles. The third-order valence-corrected chi connectivity index (χ3v) is 5.59. The zero-order valence-electron chi connectivity index (χ0n) is 16.3. The van der Waals surface area contributed by atoms with E-state index in [9.17, 15) is 9.18 Å². The van der Waals surface area contributed by atoms with Crippen molar-refractivity contribution in [2.75, 3.05) is 0 Å². The van der Waals surface area contributed by atoms with Gasteiger partial charge in [0.2, 0.25) is 5.78 Å². The van der Waals surface area contributed by atoms with Gasteiger partial charge >= 0.3 is 0 Å². The number of halogens is 1. The summed E-state index contributed by atoms with van der Waals surface area (Å²) in [6.45, 7) is 0.263. The smallest absolute Gasteiger partial charge is 0.263 e. The van der Waals surface area contributed by atoms with E-state index in [1.807, 2.05) is 53.1 Å². The molecule has 31 heavy (non-hydrogen) atoms. The van der Waals surface area contributed by atoms with Crippen molar-refractivity contribution in [3.8, 4) is 11.4 Å². The van der Waals surface area contributed by atoms with Gasteiger partial charge in [-0.2, -0.15) is 0 Å². The molecule has 0 aliphatic heterocycles. The monoisotopic (exact) mass is 409 g/mol. The van der Waals surface area contributed by atoms with Gasteiger partial charge in [0.1, 0.15) is 5.82 Å². The number of aromatic nitrogens is 5. The van der Waals surface area contributed by atoms with Crippen LogP contribution in [-0.4, -0.2) is 24.1 Å². The predicted molar refractivity (Wildman–Crippen MR) is 118 cm³/mol. The Labute approximate surface area is 175 Å². The Morgan fingerprint density at radius 2 is 1.61 bits per heavy atom. The van der Waals surface area contributed by atoms with Gasteiger partial charge in [-0.25, -0.2) is 4.39 Å². The van der Waals surface area contributed by atoms with Gasteiger partial charge < -0.3 is 4.98 Å². The molecule has 0 fully saturated rings. The lowest BCUT2D eigenvalue weighted by molar-refractivity contribution is 0.626. The molecule has 0 unspecified atom stereocenters. The highest BCUT2D eigenvalue weighted by atomic mass is 19.1. The molecule has 7 heteroatoms. The molecule has 0 bridgehead atoms. The average Bonchev–Trinajstić information content (AvgIpc) is 3.42. The van der Waals surface area contributed by atoms with Crippen LogP contribution in [0.1, 0.15) is 5.56 Å². The number of nitrogens with zero attached hydrogens (tertiary/aromatic N) is 4. The van der Waals surface area contributed by atoms with E-state index in [-0.39, 0.29) is 17.9 Å². The van der Waals surface area contributed by atoms with Crippen molar-refractivity contribution in [3.63, 3.8) is 0 Å². The Bertz CT molecular complexity index is 1640. The number of hydrogen-bond donors (Lipinski definition) is 1. The van der Waals surface area contributed by atoms with Crippen LogP contribution < -0.4 is 5.56 Å². The Hall–Kier alpha value is -4.26. The van der Waals surface area contributed by atoms with Gasteiger partial charge in [0, 0.05) is 22.7 Å². The van der Waals surface area contributed by atoms with Crippen LogP contribution in [0.15, 0.2) is 83.8 Å². The van der Waals surface area contributed by atoms with E-state index in [1.54, 1.807) is 22.8 Å². The predicted octanol–water partition coefficient (Wildman–Crippen LogP) is 4.38. The summed E-state index contributed by atoms with van der Waals surface area (Å²) in [7, 11) is 0. The minimum absolute atomic E-state index is 0.162. The van der Waals surface area contributed by atoms with E-state index < -0.39 is 0 Å². The highest BCUT2D eigenvalue weighted by Crippen LogP contribution is 2.29. The summed E-state index contributed by atoms with van der Waals surface area (Å²) in [6, 6.07) is 21.5. The Balaban J connectivity index is 1.67. The first-order valence-electron chi connectivity index (χ1n) is 9.88. The van der Waals surface area contributed by atoms with Crippen LogP contribution in [0.5, 0.6) is 0 Å². The Kier molecular flexibility index (Phi) is 3.76. The van der Waals surface area contributed by atoms with Crippen LogP contribution in [0.2, 0.25) is 0 Å². The molecule has 0 aliphatic carbocycles. The number of hydrogen-bond acceptors (Lipinski definition) is 3. The third kappa shape index (κ3) is 2.67. The maximum Gasteiger partial charge on any atom is 0.263 e. The van der Waals surface area contributed by atoms with Gasteiger partial charge in [-0.3, -0.25) is 13.8 Å². The molecule has 3 heterocycles. The first kappa shape index (κ1) is 17.6. The van der Waals surface area contributed by atoms with E-state index in [0.717, 1.165) is 27.5 Å². The second-order valence-corrected chi connectivity index (χ2v) is 7.44. The quantitative estimate of drug-likeness (QED) is 0.472. The van der Waals surface area contributed by atoms with Crippen LogP contribution >= 0.6 is 0 Å². The number of para-hydroxylation sites is 2. The van der Waals surface area contributed by atoms with Crippen molar-refractivity contribution in [1.29, 1.82) is 0 Å². The van der Waals surface area contributed by atoms with E-state index >= 15 is 0 Å². The van der Waals surface area contributed by atoms with Crippen molar-refractivity contribution in [1.82, 2.24) is 24.1 Å². The number of benzene rings is 3. The van der Waals surface area contributed by atoms with Crippen LogP contribution in [0.25, 0.3) is 39.0 Å². The summed E-state index contributed by atoms with van der Waals surface area (Å²) in [4.78, 5) is 16.6. The standard InChI is InChI=1S/C24H16FN5O/c25-16-11-9-15(10-12-16)14-29-23(31)18-6-2-4-8-21(18)30-22(27-28-24(29)30)19-13-26-20-7-3-1-5-17(19)20/h1-13,26H,14H2. The number of H-pyrrole nitrogens is 1. The summed E-state index contributed by atoms with van der Waals surface area (Å²) in [5, 5.41) is 10.5. The summed E-state index contributed by atoms with van der Waals surface area (Å²) in [5.74, 6) is 0.772. The normalized spacial score (nSPS) is 11.6. The lowest BCUT2D eigenvalue weighted by Gasteiger charge is -2.11. The van der Waals surface area contributed by atoms with Crippen molar-refractivity contribution in [3.05, 3.63) is 101 Å². The molecule has 6 nitrogen and oxygen atoms in total. The fourth-order valence-electron chi connectivity index (χ4n) is 4.10. The largest absolute Gasteiger partial charge is 0.360 e. The van der Waals surface area contributed by atoms with Crippen molar-refractivity contribution < 1.29 is 4.39 Å². The number of nitrogens with one attached hydrogen (secondary N) is 1. The molecule has 6 rings (SSSR count). The van der Waals surface area contributed by atoms with Crippen LogP contribution in [-0.2, 0) is 6.54 Å². The molecular weight excluding hydrogens is 393 g/mol. The molecule has 0 radical (unpaired) electrons. The van der Waals surface area contributed by atoms with Gasteiger partial charge in [-0.15, -0.1) is 10.2 Å². The molecule has 3 aromatic carbocycles. The second kappa shape index (κ2) is 6.63. The van der Waals surface area contributed by atoms with Gasteiger partial charge in [0.15, 0.2) is 5.82 Å². The molecule has 0 atom stereocenters. The summed E-state index contributed by atoms with van der Waals surface area (Å²) < 4.78 is 16.9. The molecule has 0 aliphatic rings. The van der Waals surface area contributed by atoms with E-state index in [1.165, 1.54) is 12.1 Å². The minimum Gasteiger partial charge on any atom is -0.360 e. The van der Waals surface area contributed by atoms with Gasteiger partial charge in [0.05, 0.1) is 17.4 Å². The lowest BCUT2D eigenvalue weighted by Crippen LogP contribution is -2.24. The first-order chi connectivity index (χ1) is 15.2. The zero-order chi connectivity index (χ0) is 20.9. The lowest BCUT2D eigenvalue weighted by atomic mass is 10.1. The maximum atomic E-state index is 13.4. The molecule has 150 valence electrons. The third-order valence-electron chi connectivity index (χ3n) is 5.59. The highest BCUT2D eigenvalue weighted by Gasteiger charge is 2.19. The first-order valence-corrected chi connectivity index (χ1v) is 9.88. The summed E-state index contributed by atoms with van der Waals surface area (Å²) >= 11 is 0. The van der Waals surface area contributed by atoms with Crippen LogP contribution in [0, 0.1) is 5.82 Å². The number of fused-ring (bicyclic) bond motifs is 4. The molecule has 0 spiro atoms.